The fourth-order valence-corrected chi connectivity index (χ4v) is 3.43. The van der Waals surface area contributed by atoms with Crippen LogP contribution in [0.25, 0.3) is 0 Å². The molecule has 2 aliphatic heterocycles. The second-order valence-electron chi connectivity index (χ2n) is 6.47. The van der Waals surface area contributed by atoms with Gasteiger partial charge >= 0.3 is 5.97 Å². The van der Waals surface area contributed by atoms with Crippen LogP contribution in [0.2, 0.25) is 0 Å². The number of benzene rings is 1. The van der Waals surface area contributed by atoms with Crippen molar-refractivity contribution in [3.05, 3.63) is 35.9 Å². The number of hydrogen-bond donors (Lipinski definition) is 0. The van der Waals surface area contributed by atoms with Gasteiger partial charge in [0.1, 0.15) is 24.9 Å². The summed E-state index contributed by atoms with van der Waals surface area (Å²) in [4.78, 5) is 12.0. The zero-order valence-corrected chi connectivity index (χ0v) is 13.1. The second-order valence-corrected chi connectivity index (χ2v) is 6.47. The van der Waals surface area contributed by atoms with E-state index in [9.17, 15) is 4.79 Å². The predicted molar refractivity (Wildman–Crippen MR) is 82.0 cm³/mol. The van der Waals surface area contributed by atoms with Gasteiger partial charge in [0.2, 0.25) is 0 Å². The van der Waals surface area contributed by atoms with Gasteiger partial charge in [0, 0.05) is 0 Å². The molecule has 0 radical (unpaired) electrons. The number of ether oxygens (including phenoxy) is 4. The van der Waals surface area contributed by atoms with Gasteiger partial charge in [0.15, 0.2) is 6.29 Å². The van der Waals surface area contributed by atoms with Gasteiger partial charge in [-0.1, -0.05) is 37.5 Å². The van der Waals surface area contributed by atoms with Crippen LogP contribution in [0, 0.1) is 0 Å². The van der Waals surface area contributed by atoms with Crippen molar-refractivity contribution in [1.82, 2.24) is 0 Å². The van der Waals surface area contributed by atoms with Crippen molar-refractivity contribution >= 4 is 5.97 Å². The van der Waals surface area contributed by atoms with E-state index < -0.39 is 0 Å². The Morgan fingerprint density at radius 3 is 2.61 bits per heavy atom. The number of rotatable bonds is 5. The summed E-state index contributed by atoms with van der Waals surface area (Å²) in [6.07, 6.45) is 5.73. The standard InChI is InChI=1S/C18H22O5/c19-17(12-7-3-1-4-8-12)20-11-14-15-16(23-15)18(22-14)21-13-9-5-2-6-10-13/h1,3-4,7-8,13-16,18H,2,5-6,9-11H2/t14-,15+,16+,18-/m1/s1. The Labute approximate surface area is 135 Å². The lowest BCUT2D eigenvalue weighted by molar-refractivity contribution is -0.205. The summed E-state index contributed by atoms with van der Waals surface area (Å²) < 4.78 is 22.9. The molecule has 2 heterocycles. The van der Waals surface area contributed by atoms with Gasteiger partial charge < -0.3 is 18.9 Å². The highest BCUT2D eigenvalue weighted by atomic mass is 16.8. The molecule has 0 aromatic heterocycles. The molecule has 0 spiro atoms. The molecule has 1 aromatic carbocycles. The quantitative estimate of drug-likeness (QED) is 0.617. The van der Waals surface area contributed by atoms with Crippen molar-refractivity contribution in [2.24, 2.45) is 0 Å². The Kier molecular flexibility index (Phi) is 4.33. The average molecular weight is 318 g/mol. The molecular formula is C18H22O5. The van der Waals surface area contributed by atoms with Crippen molar-refractivity contribution in [3.8, 4) is 0 Å². The number of carbonyl (C=O) groups is 1. The first-order valence-corrected chi connectivity index (χ1v) is 8.50. The van der Waals surface area contributed by atoms with Crippen LogP contribution in [-0.2, 0) is 18.9 Å². The maximum Gasteiger partial charge on any atom is 0.338 e. The van der Waals surface area contributed by atoms with E-state index in [1.165, 1.54) is 19.3 Å². The molecule has 5 nitrogen and oxygen atoms in total. The van der Waals surface area contributed by atoms with E-state index in [0.717, 1.165) is 12.8 Å². The first kappa shape index (κ1) is 15.1. The third kappa shape index (κ3) is 3.42. The normalized spacial score (nSPS) is 33.2. The smallest absolute Gasteiger partial charge is 0.338 e. The molecule has 1 saturated carbocycles. The molecule has 2 saturated heterocycles. The van der Waals surface area contributed by atoms with Crippen molar-refractivity contribution in [2.45, 2.75) is 62.8 Å². The summed E-state index contributed by atoms with van der Waals surface area (Å²) in [5.41, 5.74) is 0.550. The number of fused-ring (bicyclic) bond motifs is 1. The molecule has 5 heteroatoms. The van der Waals surface area contributed by atoms with Crippen molar-refractivity contribution in [1.29, 1.82) is 0 Å². The van der Waals surface area contributed by atoms with Crippen LogP contribution in [0.4, 0.5) is 0 Å². The van der Waals surface area contributed by atoms with Gasteiger partial charge in [-0.25, -0.2) is 4.79 Å². The molecule has 23 heavy (non-hydrogen) atoms. The van der Waals surface area contributed by atoms with E-state index in [0.29, 0.717) is 5.56 Å². The van der Waals surface area contributed by atoms with Crippen LogP contribution in [0.1, 0.15) is 42.5 Å². The third-order valence-corrected chi connectivity index (χ3v) is 4.77. The minimum atomic E-state index is -0.331. The summed E-state index contributed by atoms with van der Waals surface area (Å²) in [6.45, 7) is 0.208. The highest BCUT2D eigenvalue weighted by Gasteiger charge is 2.59. The molecule has 1 aliphatic carbocycles. The van der Waals surface area contributed by atoms with E-state index in [4.69, 9.17) is 18.9 Å². The predicted octanol–water partition coefficient (Wildman–Crippen LogP) is 2.69. The zero-order chi connectivity index (χ0) is 15.6. The molecule has 4 rings (SSSR count). The van der Waals surface area contributed by atoms with Crippen LogP contribution in [-0.4, -0.2) is 43.3 Å². The van der Waals surface area contributed by atoms with Gasteiger partial charge in [0.25, 0.3) is 0 Å². The molecule has 0 unspecified atom stereocenters. The fourth-order valence-electron chi connectivity index (χ4n) is 3.43. The summed E-state index contributed by atoms with van der Waals surface area (Å²) in [6, 6.07) is 8.98. The largest absolute Gasteiger partial charge is 0.459 e. The summed E-state index contributed by atoms with van der Waals surface area (Å²) >= 11 is 0. The Balaban J connectivity index is 1.26. The average Bonchev–Trinajstić information content (AvgIpc) is 3.33. The Hall–Kier alpha value is -1.43. The Bertz CT molecular complexity index is 540. The number of hydrogen-bond acceptors (Lipinski definition) is 5. The maximum atomic E-state index is 12.0. The number of esters is 1. The molecule has 0 N–H and O–H groups in total. The molecule has 124 valence electrons. The van der Waals surface area contributed by atoms with Crippen molar-refractivity contribution in [2.75, 3.05) is 6.61 Å². The van der Waals surface area contributed by atoms with Crippen LogP contribution in [0.3, 0.4) is 0 Å². The van der Waals surface area contributed by atoms with Crippen LogP contribution in [0.5, 0.6) is 0 Å². The SMILES string of the molecule is O=C(OC[C@H]1O[C@@H](OC2CCCCC2)[C@H]2O[C@H]21)c1ccccc1. The summed E-state index contributed by atoms with van der Waals surface area (Å²) in [5.74, 6) is -0.331. The molecule has 1 aromatic rings. The first-order chi connectivity index (χ1) is 11.3. The summed E-state index contributed by atoms with van der Waals surface area (Å²) in [7, 11) is 0. The minimum Gasteiger partial charge on any atom is -0.459 e. The van der Waals surface area contributed by atoms with E-state index in [1.54, 1.807) is 12.1 Å². The topological polar surface area (TPSA) is 57.3 Å². The van der Waals surface area contributed by atoms with Gasteiger partial charge in [0.05, 0.1) is 11.7 Å². The molecule has 3 fully saturated rings. The molecule has 4 atom stereocenters. The molecule has 0 amide bonds. The zero-order valence-electron chi connectivity index (χ0n) is 13.1. The highest BCUT2D eigenvalue weighted by molar-refractivity contribution is 5.89. The highest BCUT2D eigenvalue weighted by Crippen LogP contribution is 2.41. The summed E-state index contributed by atoms with van der Waals surface area (Å²) in [5, 5.41) is 0. The molecular weight excluding hydrogens is 296 g/mol. The van der Waals surface area contributed by atoms with Crippen molar-refractivity contribution < 1.29 is 23.7 Å². The van der Waals surface area contributed by atoms with Crippen LogP contribution >= 0.6 is 0 Å². The number of carbonyl (C=O) groups excluding carboxylic acids is 1. The lowest BCUT2D eigenvalue weighted by Crippen LogP contribution is -2.31. The van der Waals surface area contributed by atoms with Crippen molar-refractivity contribution in [3.63, 3.8) is 0 Å². The van der Waals surface area contributed by atoms with E-state index in [1.807, 2.05) is 18.2 Å². The second kappa shape index (κ2) is 6.59. The van der Waals surface area contributed by atoms with Gasteiger partial charge in [-0.2, -0.15) is 0 Å². The first-order valence-electron chi connectivity index (χ1n) is 8.50. The molecule has 0 bridgehead atoms. The minimum absolute atomic E-state index is 0.00663. The lowest BCUT2D eigenvalue weighted by atomic mass is 9.98. The van der Waals surface area contributed by atoms with Crippen LogP contribution in [0.15, 0.2) is 30.3 Å². The number of epoxide rings is 1. The van der Waals surface area contributed by atoms with Gasteiger partial charge in [-0.05, 0) is 25.0 Å². The van der Waals surface area contributed by atoms with Gasteiger partial charge in [-0.15, -0.1) is 0 Å². The molecule has 3 aliphatic rings. The van der Waals surface area contributed by atoms with E-state index >= 15 is 0 Å². The maximum absolute atomic E-state index is 12.0. The van der Waals surface area contributed by atoms with E-state index in [-0.39, 0.29) is 43.3 Å². The fraction of sp³-hybridized carbons (Fsp3) is 0.611. The Morgan fingerprint density at radius 1 is 1.04 bits per heavy atom. The van der Waals surface area contributed by atoms with Crippen LogP contribution < -0.4 is 0 Å². The third-order valence-electron chi connectivity index (χ3n) is 4.77. The lowest BCUT2D eigenvalue weighted by Gasteiger charge is -2.26. The monoisotopic (exact) mass is 318 g/mol. The Morgan fingerprint density at radius 2 is 1.83 bits per heavy atom. The van der Waals surface area contributed by atoms with E-state index in [2.05, 4.69) is 0 Å². The van der Waals surface area contributed by atoms with Gasteiger partial charge in [-0.3, -0.25) is 0 Å².